The summed E-state index contributed by atoms with van der Waals surface area (Å²) in [6, 6.07) is 4.67. The van der Waals surface area contributed by atoms with E-state index >= 15 is 0 Å². The first-order chi connectivity index (χ1) is 10.5. The van der Waals surface area contributed by atoms with Crippen LogP contribution in [0.15, 0.2) is 23.8 Å². The minimum atomic E-state index is 0.0584. The lowest BCUT2D eigenvalue weighted by molar-refractivity contribution is -0.915. The van der Waals surface area contributed by atoms with E-state index in [1.165, 1.54) is 36.9 Å². The number of methoxy groups -OCH3 is 1. The van der Waals surface area contributed by atoms with Crippen LogP contribution in [-0.4, -0.2) is 43.4 Å². The number of quaternary nitrogens is 1. The fourth-order valence-corrected chi connectivity index (χ4v) is 5.18. The monoisotopic (exact) mass is 300 g/mol. The molecular formula is C19H26NO2+. The van der Waals surface area contributed by atoms with E-state index in [4.69, 9.17) is 4.74 Å². The average molecular weight is 300 g/mol. The molecule has 3 aliphatic rings. The molecule has 0 aromatic heterocycles. The lowest BCUT2D eigenvalue weighted by Gasteiger charge is -2.56. The summed E-state index contributed by atoms with van der Waals surface area (Å²) in [6.45, 7) is 1.18. The van der Waals surface area contributed by atoms with E-state index in [-0.39, 0.29) is 5.41 Å². The van der Waals surface area contributed by atoms with E-state index in [0.717, 1.165) is 17.3 Å². The number of hydrogen-bond acceptors (Lipinski definition) is 2. The number of nitrogens with zero attached hydrogens (tertiary/aromatic N) is 1. The van der Waals surface area contributed by atoms with Crippen LogP contribution in [-0.2, 0) is 11.8 Å². The molecule has 0 amide bonds. The molecule has 4 rings (SSSR count). The van der Waals surface area contributed by atoms with Crippen LogP contribution in [0.25, 0.3) is 0 Å². The van der Waals surface area contributed by atoms with Crippen LogP contribution >= 0.6 is 0 Å². The number of likely N-dealkylation sites (tertiary alicyclic amines) is 1. The van der Waals surface area contributed by atoms with Gasteiger partial charge in [-0.25, -0.2) is 0 Å². The average Bonchev–Trinajstić information content (AvgIpc) is 2.51. The molecule has 1 aromatic carbocycles. The molecule has 1 fully saturated rings. The number of ether oxygens (including phenoxy) is 1. The van der Waals surface area contributed by atoms with Crippen molar-refractivity contribution in [2.24, 2.45) is 0 Å². The van der Waals surface area contributed by atoms with Gasteiger partial charge < -0.3 is 14.3 Å². The summed E-state index contributed by atoms with van der Waals surface area (Å²) in [5.41, 5.74) is 4.15. The molecule has 0 saturated carbocycles. The van der Waals surface area contributed by atoms with Gasteiger partial charge in [0.2, 0.25) is 0 Å². The van der Waals surface area contributed by atoms with Crippen molar-refractivity contribution in [3.63, 3.8) is 0 Å². The standard InChI is InChI=1S/C19H25NO2/c1-20(2)11-10-19-9-5-4-6-14(19)15(20)12-13-7-8-16(22-3)18(21)17(13)19/h6-8,15H,4-5,9-12H2,1-3H3/p+1/t15-,19-/m0/s1. The zero-order valence-corrected chi connectivity index (χ0v) is 13.9. The lowest BCUT2D eigenvalue weighted by atomic mass is 9.56. The summed E-state index contributed by atoms with van der Waals surface area (Å²) in [5.74, 6) is 1.01. The molecular weight excluding hydrogens is 274 g/mol. The topological polar surface area (TPSA) is 29.5 Å². The zero-order valence-electron chi connectivity index (χ0n) is 13.9. The minimum Gasteiger partial charge on any atom is -0.504 e. The third-order valence-corrected chi connectivity index (χ3v) is 6.38. The molecule has 2 atom stereocenters. The Balaban J connectivity index is 1.99. The predicted molar refractivity (Wildman–Crippen MR) is 87.4 cm³/mol. The fourth-order valence-electron chi connectivity index (χ4n) is 5.18. The molecule has 1 heterocycles. The smallest absolute Gasteiger partial charge is 0.162 e. The minimum absolute atomic E-state index is 0.0584. The van der Waals surface area contributed by atoms with Crippen molar-refractivity contribution in [3.05, 3.63) is 34.9 Å². The summed E-state index contributed by atoms with van der Waals surface area (Å²) in [6.07, 6.45) is 8.23. The second-order valence-electron chi connectivity index (χ2n) is 7.76. The maximum absolute atomic E-state index is 10.9. The number of allylic oxidation sites excluding steroid dienone is 1. The van der Waals surface area contributed by atoms with Gasteiger partial charge in [0, 0.05) is 23.8 Å². The van der Waals surface area contributed by atoms with Gasteiger partial charge in [-0.1, -0.05) is 12.1 Å². The van der Waals surface area contributed by atoms with Crippen LogP contribution < -0.4 is 4.74 Å². The number of likely N-dealkylation sites (N-methyl/N-ethyl adjacent to an activating group) is 1. The van der Waals surface area contributed by atoms with Crippen LogP contribution in [0.2, 0.25) is 0 Å². The van der Waals surface area contributed by atoms with Gasteiger partial charge in [0.15, 0.2) is 11.5 Å². The number of phenols is 1. The molecule has 2 aliphatic carbocycles. The first kappa shape index (κ1) is 14.1. The Kier molecular flexibility index (Phi) is 2.90. The van der Waals surface area contributed by atoms with Crippen molar-refractivity contribution < 1.29 is 14.3 Å². The Morgan fingerprint density at radius 2 is 2.09 bits per heavy atom. The van der Waals surface area contributed by atoms with E-state index in [9.17, 15) is 5.11 Å². The van der Waals surface area contributed by atoms with Gasteiger partial charge in [0.05, 0.1) is 27.7 Å². The van der Waals surface area contributed by atoms with Crippen LogP contribution in [0, 0.1) is 0 Å². The Hall–Kier alpha value is -1.48. The van der Waals surface area contributed by atoms with E-state index in [2.05, 4.69) is 26.2 Å². The van der Waals surface area contributed by atoms with Crippen LogP contribution in [0.5, 0.6) is 11.5 Å². The second-order valence-corrected chi connectivity index (χ2v) is 7.76. The van der Waals surface area contributed by atoms with Gasteiger partial charge >= 0.3 is 0 Å². The van der Waals surface area contributed by atoms with Crippen molar-refractivity contribution >= 4 is 0 Å². The first-order valence-electron chi connectivity index (χ1n) is 8.42. The highest BCUT2D eigenvalue weighted by molar-refractivity contribution is 5.60. The maximum Gasteiger partial charge on any atom is 0.162 e. The molecule has 22 heavy (non-hydrogen) atoms. The number of fused-ring (bicyclic) bond motifs is 1. The highest BCUT2D eigenvalue weighted by atomic mass is 16.5. The van der Waals surface area contributed by atoms with Gasteiger partial charge in [0.1, 0.15) is 6.04 Å². The number of phenolic OH excluding ortho intramolecular Hbond substituents is 1. The number of hydrogen-bond donors (Lipinski definition) is 1. The lowest BCUT2D eigenvalue weighted by Crippen LogP contribution is -2.62. The number of aromatic hydroxyl groups is 1. The molecule has 1 aliphatic heterocycles. The Morgan fingerprint density at radius 1 is 1.27 bits per heavy atom. The Morgan fingerprint density at radius 3 is 2.86 bits per heavy atom. The molecule has 1 saturated heterocycles. The largest absolute Gasteiger partial charge is 0.504 e. The molecule has 1 N–H and O–H groups in total. The van der Waals surface area contributed by atoms with E-state index in [1.54, 1.807) is 12.7 Å². The summed E-state index contributed by atoms with van der Waals surface area (Å²) >= 11 is 0. The first-order valence-corrected chi connectivity index (χ1v) is 8.42. The van der Waals surface area contributed by atoms with Gasteiger partial charge in [0.25, 0.3) is 0 Å². The zero-order chi connectivity index (χ0) is 15.5. The van der Waals surface area contributed by atoms with Crippen LogP contribution in [0.1, 0.15) is 36.8 Å². The van der Waals surface area contributed by atoms with Gasteiger partial charge in [-0.05, 0) is 36.5 Å². The number of benzene rings is 1. The molecule has 3 heteroatoms. The highest BCUT2D eigenvalue weighted by Crippen LogP contribution is 2.58. The van der Waals surface area contributed by atoms with Crippen LogP contribution in [0.3, 0.4) is 0 Å². The normalized spacial score (nSPS) is 31.8. The maximum atomic E-state index is 10.9. The summed E-state index contributed by atoms with van der Waals surface area (Å²) < 4.78 is 6.46. The number of rotatable bonds is 1. The summed E-state index contributed by atoms with van der Waals surface area (Å²) in [4.78, 5) is 0. The summed E-state index contributed by atoms with van der Waals surface area (Å²) in [7, 11) is 6.36. The molecule has 3 nitrogen and oxygen atoms in total. The van der Waals surface area contributed by atoms with E-state index in [0.29, 0.717) is 17.5 Å². The van der Waals surface area contributed by atoms with Crippen LogP contribution in [0.4, 0.5) is 0 Å². The van der Waals surface area contributed by atoms with Crippen molar-refractivity contribution in [1.82, 2.24) is 0 Å². The predicted octanol–water partition coefficient (Wildman–Crippen LogP) is 3.15. The second kappa shape index (κ2) is 4.51. The Bertz CT molecular complexity index is 662. The van der Waals surface area contributed by atoms with Crippen molar-refractivity contribution in [2.75, 3.05) is 27.7 Å². The third kappa shape index (κ3) is 1.66. The Labute approximate surface area is 132 Å². The van der Waals surface area contributed by atoms with E-state index in [1.807, 2.05) is 6.07 Å². The quantitative estimate of drug-likeness (QED) is 0.638. The van der Waals surface area contributed by atoms with Crippen molar-refractivity contribution in [3.8, 4) is 11.5 Å². The fraction of sp³-hybridized carbons (Fsp3) is 0.579. The molecule has 1 aromatic rings. The highest BCUT2D eigenvalue weighted by Gasteiger charge is 2.55. The number of piperidine rings is 1. The molecule has 118 valence electrons. The van der Waals surface area contributed by atoms with Gasteiger partial charge in [-0.15, -0.1) is 0 Å². The molecule has 0 spiro atoms. The van der Waals surface area contributed by atoms with Gasteiger partial charge in [-0.2, -0.15) is 0 Å². The van der Waals surface area contributed by atoms with E-state index < -0.39 is 0 Å². The van der Waals surface area contributed by atoms with Crippen molar-refractivity contribution in [1.29, 1.82) is 0 Å². The third-order valence-electron chi connectivity index (χ3n) is 6.38. The molecule has 0 radical (unpaired) electrons. The molecule has 2 bridgehead atoms. The van der Waals surface area contributed by atoms with Crippen molar-refractivity contribution in [2.45, 2.75) is 43.6 Å². The molecule has 0 unspecified atom stereocenters. The van der Waals surface area contributed by atoms with Gasteiger partial charge in [-0.3, -0.25) is 0 Å². The SMILES string of the molecule is COc1ccc2c(c1O)[C@]13CCCC=C1[C@H](C2)[N+](C)(C)CC3. The summed E-state index contributed by atoms with van der Waals surface area (Å²) in [5, 5.41) is 10.9.